The standard InChI is InChI=1S/C24H34N2O2.2ClH/c1-28-21-9-8-17-14-19(7-6-18(17)15-21)23(22-4-2-3-5-24(22)27)16-26-12-10-20(25)11-13-26;;/h6-9,14-15,20,22-24,27H,2-5,10-13,16,25H2,1H3;2*1H. The molecule has 30 heavy (non-hydrogen) atoms. The minimum absolute atomic E-state index is 0. The lowest BCUT2D eigenvalue weighted by molar-refractivity contribution is 0.0436. The van der Waals surface area contributed by atoms with Gasteiger partial charge in [-0.2, -0.15) is 0 Å². The Morgan fingerprint density at radius 1 is 1.00 bits per heavy atom. The lowest BCUT2D eigenvalue weighted by Crippen LogP contribution is -2.43. The highest BCUT2D eigenvalue weighted by Gasteiger charge is 2.33. The lowest BCUT2D eigenvalue weighted by Gasteiger charge is -2.39. The second kappa shape index (κ2) is 11.5. The molecule has 1 aliphatic heterocycles. The zero-order valence-electron chi connectivity index (χ0n) is 17.8. The van der Waals surface area contributed by atoms with E-state index in [1.165, 1.54) is 22.8 Å². The van der Waals surface area contributed by atoms with E-state index in [2.05, 4.69) is 35.2 Å². The summed E-state index contributed by atoms with van der Waals surface area (Å²) in [5, 5.41) is 13.2. The number of rotatable bonds is 5. The van der Waals surface area contributed by atoms with E-state index in [9.17, 15) is 5.11 Å². The van der Waals surface area contributed by atoms with Crippen LogP contribution in [0, 0.1) is 5.92 Å². The molecule has 0 bridgehead atoms. The lowest BCUT2D eigenvalue weighted by atomic mass is 9.74. The van der Waals surface area contributed by atoms with Crippen LogP contribution >= 0.6 is 24.8 Å². The molecule has 3 atom stereocenters. The summed E-state index contributed by atoms with van der Waals surface area (Å²) in [6.07, 6.45) is 6.43. The zero-order valence-corrected chi connectivity index (χ0v) is 19.5. The summed E-state index contributed by atoms with van der Waals surface area (Å²) in [7, 11) is 1.71. The topological polar surface area (TPSA) is 58.7 Å². The summed E-state index contributed by atoms with van der Waals surface area (Å²) < 4.78 is 5.37. The first kappa shape index (κ1) is 25.2. The molecular formula is C24H36Cl2N2O2. The van der Waals surface area contributed by atoms with Crippen molar-refractivity contribution >= 4 is 35.6 Å². The molecule has 1 heterocycles. The SMILES string of the molecule is COc1ccc2cc(C(CN3CCC(N)CC3)C3CCCCC3O)ccc2c1.Cl.Cl. The summed E-state index contributed by atoms with van der Waals surface area (Å²) >= 11 is 0. The van der Waals surface area contributed by atoms with Crippen molar-refractivity contribution in [3.8, 4) is 5.75 Å². The minimum atomic E-state index is -0.183. The van der Waals surface area contributed by atoms with Gasteiger partial charge in [0.2, 0.25) is 0 Å². The first-order valence-electron chi connectivity index (χ1n) is 10.9. The summed E-state index contributed by atoms with van der Waals surface area (Å²) in [6.45, 7) is 3.17. The number of likely N-dealkylation sites (tertiary alicyclic amines) is 1. The fraction of sp³-hybridized carbons (Fsp3) is 0.583. The summed E-state index contributed by atoms with van der Waals surface area (Å²) in [5.41, 5.74) is 7.47. The molecule has 3 unspecified atom stereocenters. The molecule has 2 fully saturated rings. The van der Waals surface area contributed by atoms with Crippen LogP contribution < -0.4 is 10.5 Å². The van der Waals surface area contributed by atoms with Crippen molar-refractivity contribution in [1.29, 1.82) is 0 Å². The maximum atomic E-state index is 10.8. The molecule has 1 aliphatic carbocycles. The van der Waals surface area contributed by atoms with Gasteiger partial charge >= 0.3 is 0 Å². The highest BCUT2D eigenvalue weighted by Crippen LogP contribution is 2.38. The molecule has 0 amide bonds. The van der Waals surface area contributed by atoms with Crippen molar-refractivity contribution in [2.45, 2.75) is 56.6 Å². The molecule has 2 aromatic rings. The monoisotopic (exact) mass is 454 g/mol. The predicted octanol–water partition coefficient (Wildman–Crippen LogP) is 4.75. The van der Waals surface area contributed by atoms with Crippen molar-refractivity contribution in [1.82, 2.24) is 4.90 Å². The fourth-order valence-corrected chi connectivity index (χ4v) is 5.11. The van der Waals surface area contributed by atoms with Crippen molar-refractivity contribution in [2.75, 3.05) is 26.7 Å². The van der Waals surface area contributed by atoms with Gasteiger partial charge in [0.05, 0.1) is 13.2 Å². The van der Waals surface area contributed by atoms with Gasteiger partial charge in [-0.15, -0.1) is 24.8 Å². The third kappa shape index (κ3) is 5.80. The van der Waals surface area contributed by atoms with E-state index in [0.717, 1.165) is 57.5 Å². The highest BCUT2D eigenvalue weighted by atomic mass is 35.5. The molecule has 168 valence electrons. The Morgan fingerprint density at radius 2 is 1.67 bits per heavy atom. The van der Waals surface area contributed by atoms with Gasteiger partial charge in [-0.3, -0.25) is 0 Å². The number of fused-ring (bicyclic) bond motifs is 1. The number of aliphatic hydroxyl groups excluding tert-OH is 1. The third-order valence-electron chi connectivity index (χ3n) is 6.89. The van der Waals surface area contributed by atoms with Crippen molar-refractivity contribution in [3.05, 3.63) is 42.0 Å². The van der Waals surface area contributed by atoms with Crippen LogP contribution in [0.2, 0.25) is 0 Å². The molecule has 0 spiro atoms. The minimum Gasteiger partial charge on any atom is -0.497 e. The molecule has 0 radical (unpaired) electrons. The Labute approximate surface area is 193 Å². The number of ether oxygens (including phenoxy) is 1. The highest BCUT2D eigenvalue weighted by molar-refractivity contribution is 5.86. The van der Waals surface area contributed by atoms with Crippen LogP contribution in [0.25, 0.3) is 10.8 Å². The Morgan fingerprint density at radius 3 is 2.37 bits per heavy atom. The molecule has 2 aromatic carbocycles. The quantitative estimate of drug-likeness (QED) is 0.683. The zero-order chi connectivity index (χ0) is 19.5. The van der Waals surface area contributed by atoms with E-state index in [1.54, 1.807) is 7.11 Å². The molecule has 0 aromatic heterocycles. The molecule has 6 heteroatoms. The van der Waals surface area contributed by atoms with Gasteiger partial charge in [0, 0.05) is 18.5 Å². The molecule has 4 nitrogen and oxygen atoms in total. The second-order valence-corrected chi connectivity index (χ2v) is 8.73. The van der Waals surface area contributed by atoms with E-state index < -0.39 is 0 Å². The molecule has 1 saturated heterocycles. The van der Waals surface area contributed by atoms with Crippen LogP contribution in [0.3, 0.4) is 0 Å². The van der Waals surface area contributed by atoms with Crippen LogP contribution in [0.1, 0.15) is 50.0 Å². The largest absolute Gasteiger partial charge is 0.497 e. The second-order valence-electron chi connectivity index (χ2n) is 8.73. The van der Waals surface area contributed by atoms with Crippen molar-refractivity contribution < 1.29 is 9.84 Å². The molecule has 4 rings (SSSR count). The average Bonchev–Trinajstić information content (AvgIpc) is 2.73. The fourth-order valence-electron chi connectivity index (χ4n) is 5.11. The first-order chi connectivity index (χ1) is 13.6. The average molecular weight is 455 g/mol. The van der Waals surface area contributed by atoms with E-state index in [1.807, 2.05) is 6.07 Å². The number of methoxy groups -OCH3 is 1. The van der Waals surface area contributed by atoms with Crippen molar-refractivity contribution in [2.24, 2.45) is 11.7 Å². The van der Waals surface area contributed by atoms with Crippen LogP contribution in [0.4, 0.5) is 0 Å². The number of piperidine rings is 1. The van der Waals surface area contributed by atoms with Gasteiger partial charge in [-0.1, -0.05) is 37.1 Å². The number of hydrogen-bond donors (Lipinski definition) is 2. The Kier molecular flexibility index (Phi) is 9.70. The van der Waals surface area contributed by atoms with Gasteiger partial charge in [-0.05, 0) is 73.2 Å². The van der Waals surface area contributed by atoms with Gasteiger partial charge in [0.15, 0.2) is 0 Å². The van der Waals surface area contributed by atoms with E-state index in [0.29, 0.717) is 17.9 Å². The Balaban J connectivity index is 0.00000160. The third-order valence-corrected chi connectivity index (χ3v) is 6.89. The first-order valence-corrected chi connectivity index (χ1v) is 10.9. The van der Waals surface area contributed by atoms with E-state index in [-0.39, 0.29) is 30.9 Å². The Hall–Kier alpha value is -1.04. The predicted molar refractivity (Wildman–Crippen MR) is 129 cm³/mol. The molecule has 2 aliphatic rings. The summed E-state index contributed by atoms with van der Waals surface area (Å²) in [6, 6.07) is 13.4. The normalized spacial score (nSPS) is 24.0. The maximum absolute atomic E-state index is 10.8. The van der Waals surface area contributed by atoms with Crippen LogP contribution in [-0.2, 0) is 0 Å². The number of hydrogen-bond acceptors (Lipinski definition) is 4. The number of nitrogens with two attached hydrogens (primary N) is 1. The van der Waals surface area contributed by atoms with Gasteiger partial charge in [-0.25, -0.2) is 0 Å². The van der Waals surface area contributed by atoms with Crippen LogP contribution in [-0.4, -0.2) is 48.9 Å². The summed E-state index contributed by atoms with van der Waals surface area (Å²) in [4.78, 5) is 2.56. The smallest absolute Gasteiger partial charge is 0.119 e. The molecule has 3 N–H and O–H groups in total. The number of halogens is 2. The van der Waals surface area contributed by atoms with Gasteiger partial charge in [0.1, 0.15) is 5.75 Å². The molecule has 1 saturated carbocycles. The number of aliphatic hydroxyl groups is 1. The van der Waals surface area contributed by atoms with E-state index >= 15 is 0 Å². The van der Waals surface area contributed by atoms with Gasteiger partial charge in [0.25, 0.3) is 0 Å². The number of benzene rings is 2. The summed E-state index contributed by atoms with van der Waals surface area (Å²) in [5.74, 6) is 1.61. The molecular weight excluding hydrogens is 419 g/mol. The van der Waals surface area contributed by atoms with E-state index in [4.69, 9.17) is 10.5 Å². The maximum Gasteiger partial charge on any atom is 0.119 e. The Bertz CT molecular complexity index is 796. The number of nitrogens with zero attached hydrogens (tertiary/aromatic N) is 1. The van der Waals surface area contributed by atoms with Crippen LogP contribution in [0.15, 0.2) is 36.4 Å². The van der Waals surface area contributed by atoms with Crippen LogP contribution in [0.5, 0.6) is 5.75 Å². The van der Waals surface area contributed by atoms with Crippen molar-refractivity contribution in [3.63, 3.8) is 0 Å². The van der Waals surface area contributed by atoms with Gasteiger partial charge < -0.3 is 20.5 Å².